The molecule has 4 nitrogen and oxygen atoms in total. The SMILES string of the molecule is CC(C)(C)OC(=O)NC1CCC(NCCSc2ccccc2)CC1. The number of hydrogen-bond acceptors (Lipinski definition) is 4. The minimum Gasteiger partial charge on any atom is -0.444 e. The Morgan fingerprint density at radius 1 is 1.12 bits per heavy atom. The van der Waals surface area contributed by atoms with Gasteiger partial charge in [-0.1, -0.05) is 18.2 Å². The fourth-order valence-corrected chi connectivity index (χ4v) is 3.67. The van der Waals surface area contributed by atoms with Crippen LogP contribution in [0.15, 0.2) is 35.2 Å². The van der Waals surface area contributed by atoms with Crippen LogP contribution in [-0.4, -0.2) is 36.1 Å². The van der Waals surface area contributed by atoms with Gasteiger partial charge in [0.05, 0.1) is 0 Å². The molecule has 5 heteroatoms. The molecule has 0 aliphatic heterocycles. The summed E-state index contributed by atoms with van der Waals surface area (Å²) in [4.78, 5) is 13.1. The van der Waals surface area contributed by atoms with Crippen LogP contribution in [0.1, 0.15) is 46.5 Å². The lowest BCUT2D eigenvalue weighted by Crippen LogP contribution is -2.44. The molecule has 0 radical (unpaired) electrons. The molecule has 1 saturated carbocycles. The maximum atomic E-state index is 11.8. The topological polar surface area (TPSA) is 50.4 Å². The molecule has 0 bridgehead atoms. The van der Waals surface area contributed by atoms with E-state index in [4.69, 9.17) is 4.74 Å². The monoisotopic (exact) mass is 350 g/mol. The van der Waals surface area contributed by atoms with Crippen molar-refractivity contribution in [2.45, 2.75) is 69.0 Å². The van der Waals surface area contributed by atoms with E-state index in [1.165, 1.54) is 4.90 Å². The highest BCUT2D eigenvalue weighted by molar-refractivity contribution is 7.99. The summed E-state index contributed by atoms with van der Waals surface area (Å²) in [5, 5.41) is 6.63. The lowest BCUT2D eigenvalue weighted by atomic mass is 9.91. The van der Waals surface area contributed by atoms with Gasteiger partial charge in [0, 0.05) is 29.3 Å². The van der Waals surface area contributed by atoms with Crippen molar-refractivity contribution in [1.29, 1.82) is 0 Å². The number of thioether (sulfide) groups is 1. The largest absolute Gasteiger partial charge is 0.444 e. The molecule has 0 aromatic heterocycles. The fraction of sp³-hybridized carbons (Fsp3) is 0.632. The Labute approximate surface area is 150 Å². The van der Waals surface area contributed by atoms with Gasteiger partial charge < -0.3 is 15.4 Å². The second-order valence-corrected chi connectivity index (χ2v) is 8.48. The number of benzene rings is 1. The van der Waals surface area contributed by atoms with Crippen LogP contribution >= 0.6 is 11.8 Å². The van der Waals surface area contributed by atoms with Gasteiger partial charge in [-0.05, 0) is 58.6 Å². The summed E-state index contributed by atoms with van der Waals surface area (Å²) in [6, 6.07) is 11.3. The van der Waals surface area contributed by atoms with E-state index < -0.39 is 5.60 Å². The van der Waals surface area contributed by atoms with E-state index in [2.05, 4.69) is 34.9 Å². The summed E-state index contributed by atoms with van der Waals surface area (Å²) in [6.45, 7) is 6.69. The summed E-state index contributed by atoms with van der Waals surface area (Å²) < 4.78 is 5.32. The van der Waals surface area contributed by atoms with Crippen LogP contribution in [0.5, 0.6) is 0 Å². The fourth-order valence-electron chi connectivity index (χ4n) is 2.86. The van der Waals surface area contributed by atoms with Crippen molar-refractivity contribution in [3.05, 3.63) is 30.3 Å². The number of carbonyl (C=O) groups excluding carboxylic acids is 1. The molecule has 1 amide bonds. The van der Waals surface area contributed by atoms with Crippen LogP contribution in [0.25, 0.3) is 0 Å². The van der Waals surface area contributed by atoms with Gasteiger partial charge in [0.1, 0.15) is 5.60 Å². The Morgan fingerprint density at radius 3 is 2.38 bits per heavy atom. The van der Waals surface area contributed by atoms with E-state index in [1.807, 2.05) is 38.6 Å². The Kier molecular flexibility index (Phi) is 7.43. The Balaban J connectivity index is 1.57. The Hall–Kier alpha value is -1.20. The summed E-state index contributed by atoms with van der Waals surface area (Å²) in [5.41, 5.74) is -0.431. The molecular formula is C19H30N2O2S. The molecular weight excluding hydrogens is 320 g/mol. The maximum absolute atomic E-state index is 11.8. The lowest BCUT2D eigenvalue weighted by molar-refractivity contribution is 0.0490. The Morgan fingerprint density at radius 2 is 1.75 bits per heavy atom. The van der Waals surface area contributed by atoms with E-state index in [0.717, 1.165) is 38.0 Å². The zero-order valence-electron chi connectivity index (χ0n) is 15.0. The first-order valence-electron chi connectivity index (χ1n) is 8.83. The van der Waals surface area contributed by atoms with Crippen molar-refractivity contribution >= 4 is 17.9 Å². The Bertz CT molecular complexity index is 494. The number of rotatable bonds is 6. The molecule has 1 aromatic rings. The quantitative estimate of drug-likeness (QED) is 0.596. The van der Waals surface area contributed by atoms with Crippen LogP contribution < -0.4 is 10.6 Å². The molecule has 2 rings (SSSR count). The normalized spacial score (nSPS) is 21.3. The minimum atomic E-state index is -0.431. The number of ether oxygens (including phenoxy) is 1. The highest BCUT2D eigenvalue weighted by Gasteiger charge is 2.24. The number of hydrogen-bond donors (Lipinski definition) is 2. The van der Waals surface area contributed by atoms with Gasteiger partial charge in [0.15, 0.2) is 0 Å². The molecule has 1 aliphatic rings. The predicted octanol–water partition coefficient (Wildman–Crippen LogP) is 4.20. The zero-order valence-corrected chi connectivity index (χ0v) is 15.8. The predicted molar refractivity (Wildman–Crippen MR) is 101 cm³/mol. The summed E-state index contributed by atoms with van der Waals surface area (Å²) in [7, 11) is 0. The van der Waals surface area contributed by atoms with Crippen LogP contribution in [0.3, 0.4) is 0 Å². The van der Waals surface area contributed by atoms with Crippen LogP contribution in [-0.2, 0) is 4.74 Å². The third-order valence-electron chi connectivity index (χ3n) is 4.00. The van der Waals surface area contributed by atoms with Crippen LogP contribution in [0.2, 0.25) is 0 Å². The van der Waals surface area contributed by atoms with E-state index in [9.17, 15) is 4.79 Å². The third kappa shape index (κ3) is 7.58. The third-order valence-corrected chi connectivity index (χ3v) is 5.01. The van der Waals surface area contributed by atoms with Crippen molar-refractivity contribution in [3.8, 4) is 0 Å². The molecule has 1 fully saturated rings. The van der Waals surface area contributed by atoms with E-state index in [-0.39, 0.29) is 12.1 Å². The second kappa shape index (κ2) is 9.33. The molecule has 134 valence electrons. The smallest absolute Gasteiger partial charge is 0.407 e. The maximum Gasteiger partial charge on any atom is 0.407 e. The lowest BCUT2D eigenvalue weighted by Gasteiger charge is -2.30. The molecule has 1 aromatic carbocycles. The van der Waals surface area contributed by atoms with Crippen LogP contribution in [0, 0.1) is 0 Å². The summed E-state index contributed by atoms with van der Waals surface area (Å²) in [5.74, 6) is 1.08. The van der Waals surface area contributed by atoms with E-state index in [1.54, 1.807) is 0 Å². The number of carbonyl (C=O) groups is 1. The van der Waals surface area contributed by atoms with Gasteiger partial charge >= 0.3 is 6.09 Å². The number of nitrogens with one attached hydrogen (secondary N) is 2. The van der Waals surface area contributed by atoms with Gasteiger partial charge in [-0.25, -0.2) is 4.79 Å². The van der Waals surface area contributed by atoms with Gasteiger partial charge in [-0.2, -0.15) is 0 Å². The highest BCUT2D eigenvalue weighted by Crippen LogP contribution is 2.20. The molecule has 0 unspecified atom stereocenters. The van der Waals surface area contributed by atoms with Crippen molar-refractivity contribution in [3.63, 3.8) is 0 Å². The first kappa shape index (κ1) is 19.1. The molecule has 1 aliphatic carbocycles. The second-order valence-electron chi connectivity index (χ2n) is 7.31. The highest BCUT2D eigenvalue weighted by atomic mass is 32.2. The van der Waals surface area contributed by atoms with Gasteiger partial charge in [-0.3, -0.25) is 0 Å². The van der Waals surface area contributed by atoms with Crippen LogP contribution in [0.4, 0.5) is 4.79 Å². The molecule has 0 atom stereocenters. The summed E-state index contributed by atoms with van der Waals surface area (Å²) in [6.07, 6.45) is 3.96. The first-order valence-corrected chi connectivity index (χ1v) is 9.82. The number of alkyl carbamates (subject to hydrolysis) is 1. The molecule has 24 heavy (non-hydrogen) atoms. The summed E-state index contributed by atoms with van der Waals surface area (Å²) >= 11 is 1.89. The molecule has 0 saturated heterocycles. The van der Waals surface area contributed by atoms with Gasteiger partial charge in [-0.15, -0.1) is 11.8 Å². The van der Waals surface area contributed by atoms with Crippen molar-refractivity contribution < 1.29 is 9.53 Å². The minimum absolute atomic E-state index is 0.247. The van der Waals surface area contributed by atoms with Crippen molar-refractivity contribution in [1.82, 2.24) is 10.6 Å². The zero-order chi connectivity index (χ0) is 17.4. The van der Waals surface area contributed by atoms with E-state index >= 15 is 0 Å². The molecule has 0 spiro atoms. The van der Waals surface area contributed by atoms with Crippen molar-refractivity contribution in [2.75, 3.05) is 12.3 Å². The molecule has 0 heterocycles. The van der Waals surface area contributed by atoms with Gasteiger partial charge in [0.25, 0.3) is 0 Å². The first-order chi connectivity index (χ1) is 11.4. The average molecular weight is 351 g/mol. The standard InChI is InChI=1S/C19H30N2O2S/c1-19(2,3)23-18(22)21-16-11-9-15(10-12-16)20-13-14-24-17-7-5-4-6-8-17/h4-8,15-16,20H,9-14H2,1-3H3,(H,21,22). The average Bonchev–Trinajstić information content (AvgIpc) is 2.52. The molecule has 2 N–H and O–H groups in total. The van der Waals surface area contributed by atoms with Gasteiger partial charge in [0.2, 0.25) is 0 Å². The van der Waals surface area contributed by atoms with E-state index in [0.29, 0.717) is 6.04 Å². The van der Waals surface area contributed by atoms with Crippen molar-refractivity contribution in [2.24, 2.45) is 0 Å². The number of amides is 1.